The zero-order chi connectivity index (χ0) is 12.7. The summed E-state index contributed by atoms with van der Waals surface area (Å²) in [5.74, 6) is 0.445. The smallest absolute Gasteiger partial charge is 0.0783 e. The van der Waals surface area contributed by atoms with Gasteiger partial charge in [0.25, 0.3) is 0 Å². The van der Waals surface area contributed by atoms with Gasteiger partial charge in [0.1, 0.15) is 0 Å². The van der Waals surface area contributed by atoms with Gasteiger partial charge < -0.3 is 10.3 Å². The average molecular weight is 284 g/mol. The second kappa shape index (κ2) is 4.72. The van der Waals surface area contributed by atoms with E-state index in [1.54, 1.807) is 0 Å². The Bertz CT molecular complexity index is 501. The van der Waals surface area contributed by atoms with Crippen LogP contribution in [0.5, 0.6) is 0 Å². The van der Waals surface area contributed by atoms with Crippen molar-refractivity contribution in [2.45, 2.75) is 12.5 Å². The van der Waals surface area contributed by atoms with E-state index >= 15 is 0 Å². The van der Waals surface area contributed by atoms with Crippen LogP contribution in [0.3, 0.4) is 0 Å². The molecular formula is C13H15Cl2N3. The lowest BCUT2D eigenvalue weighted by atomic mass is 9.87. The van der Waals surface area contributed by atoms with Crippen LogP contribution < -0.4 is 5.43 Å². The summed E-state index contributed by atoms with van der Waals surface area (Å²) in [5.41, 5.74) is 5.68. The second-order valence-corrected chi connectivity index (χ2v) is 5.82. The van der Waals surface area contributed by atoms with Crippen molar-refractivity contribution < 1.29 is 0 Å². The van der Waals surface area contributed by atoms with Crippen molar-refractivity contribution in [2.24, 2.45) is 11.0 Å². The van der Waals surface area contributed by atoms with Gasteiger partial charge >= 0.3 is 0 Å². The maximum absolute atomic E-state index is 6.09. The molecule has 1 saturated heterocycles. The van der Waals surface area contributed by atoms with Crippen molar-refractivity contribution in [3.63, 3.8) is 0 Å². The predicted octanol–water partition coefficient (Wildman–Crippen LogP) is 2.95. The van der Waals surface area contributed by atoms with Crippen LogP contribution in [0.15, 0.2) is 23.3 Å². The van der Waals surface area contributed by atoms with Crippen molar-refractivity contribution in [3.8, 4) is 0 Å². The highest BCUT2D eigenvalue weighted by Crippen LogP contribution is 2.34. The Labute approximate surface area is 117 Å². The number of benzene rings is 1. The lowest BCUT2D eigenvalue weighted by molar-refractivity contribution is 0.272. The van der Waals surface area contributed by atoms with Crippen LogP contribution >= 0.6 is 23.2 Å². The minimum atomic E-state index is 0.220. The third kappa shape index (κ3) is 2.11. The average Bonchev–Trinajstić information content (AvgIpc) is 2.75. The van der Waals surface area contributed by atoms with Crippen LogP contribution in [0.4, 0.5) is 0 Å². The summed E-state index contributed by atoms with van der Waals surface area (Å²) in [6.07, 6.45) is 1.05. The quantitative estimate of drug-likeness (QED) is 0.858. The number of hydrogen-bond acceptors (Lipinski definition) is 3. The van der Waals surface area contributed by atoms with Crippen LogP contribution in [0.25, 0.3) is 0 Å². The van der Waals surface area contributed by atoms with E-state index in [0.717, 1.165) is 25.1 Å². The molecular weight excluding hydrogens is 269 g/mol. The Balaban J connectivity index is 1.87. The number of fused-ring (bicyclic) bond motifs is 1. The first-order valence-electron chi connectivity index (χ1n) is 6.10. The van der Waals surface area contributed by atoms with E-state index in [1.807, 2.05) is 18.2 Å². The van der Waals surface area contributed by atoms with Gasteiger partial charge in [0, 0.05) is 31.1 Å². The molecule has 0 bridgehead atoms. The molecule has 1 fully saturated rings. The molecule has 18 heavy (non-hydrogen) atoms. The zero-order valence-corrected chi connectivity index (χ0v) is 11.7. The lowest BCUT2D eigenvalue weighted by Crippen LogP contribution is -2.39. The van der Waals surface area contributed by atoms with Crippen molar-refractivity contribution in [1.82, 2.24) is 10.3 Å². The topological polar surface area (TPSA) is 27.6 Å². The van der Waals surface area contributed by atoms with Crippen molar-refractivity contribution in [2.75, 3.05) is 20.1 Å². The Kier molecular flexibility index (Phi) is 3.22. The molecule has 2 aliphatic heterocycles. The number of rotatable bonds is 1. The van der Waals surface area contributed by atoms with Gasteiger partial charge in [0.15, 0.2) is 0 Å². The lowest BCUT2D eigenvalue weighted by Gasteiger charge is -2.31. The molecule has 5 heteroatoms. The summed E-state index contributed by atoms with van der Waals surface area (Å²) in [7, 11) is 2.15. The molecule has 3 rings (SSSR count). The van der Waals surface area contributed by atoms with Crippen LogP contribution in [-0.4, -0.2) is 30.7 Å². The maximum atomic E-state index is 6.09. The van der Waals surface area contributed by atoms with Gasteiger partial charge in [0.2, 0.25) is 0 Å². The van der Waals surface area contributed by atoms with E-state index in [4.69, 9.17) is 23.2 Å². The summed E-state index contributed by atoms with van der Waals surface area (Å²) in [5, 5.41) is 5.67. The molecule has 3 nitrogen and oxygen atoms in total. The van der Waals surface area contributed by atoms with Crippen molar-refractivity contribution >= 4 is 28.9 Å². The summed E-state index contributed by atoms with van der Waals surface area (Å²) in [6, 6.07) is 6.04. The summed E-state index contributed by atoms with van der Waals surface area (Å²) in [4.78, 5) is 2.35. The third-order valence-electron chi connectivity index (χ3n) is 3.74. The highest BCUT2D eigenvalue weighted by atomic mass is 35.5. The zero-order valence-electron chi connectivity index (χ0n) is 10.2. The molecule has 0 amide bonds. The van der Waals surface area contributed by atoms with Crippen molar-refractivity contribution in [1.29, 1.82) is 0 Å². The Morgan fingerprint density at radius 1 is 1.33 bits per heavy atom. The van der Waals surface area contributed by atoms with Gasteiger partial charge in [-0.05, 0) is 24.7 Å². The monoisotopic (exact) mass is 283 g/mol. The molecule has 2 heterocycles. The van der Waals surface area contributed by atoms with E-state index in [2.05, 4.69) is 22.5 Å². The van der Waals surface area contributed by atoms with E-state index in [-0.39, 0.29) is 6.04 Å². The maximum Gasteiger partial charge on any atom is 0.0783 e. The highest BCUT2D eigenvalue weighted by molar-refractivity contribution is 6.42. The van der Waals surface area contributed by atoms with Crippen LogP contribution in [0.2, 0.25) is 10.0 Å². The number of halogens is 2. The van der Waals surface area contributed by atoms with Gasteiger partial charge in [-0.1, -0.05) is 29.3 Å². The fourth-order valence-electron chi connectivity index (χ4n) is 2.71. The minimum Gasteiger partial charge on any atom is -0.305 e. The van der Waals surface area contributed by atoms with Gasteiger partial charge in [0.05, 0.1) is 16.1 Å². The van der Waals surface area contributed by atoms with Gasteiger partial charge in [-0.15, -0.1) is 0 Å². The first kappa shape index (κ1) is 12.3. The number of nitrogens with zero attached hydrogens (tertiary/aromatic N) is 2. The first-order chi connectivity index (χ1) is 8.65. The van der Waals surface area contributed by atoms with E-state index in [9.17, 15) is 0 Å². The first-order valence-corrected chi connectivity index (χ1v) is 6.86. The molecule has 0 aromatic heterocycles. The molecule has 0 aliphatic carbocycles. The SMILES string of the molecule is CN1CCC2=NNC(c3ccc(Cl)c(Cl)c3)C2C1. The normalized spacial score (nSPS) is 27.6. The standard InChI is InChI=1S/C13H15Cl2N3/c1-18-5-4-12-9(7-18)13(17-16-12)8-2-3-10(14)11(15)6-8/h2-3,6,9,13,17H,4-5,7H2,1H3. The third-order valence-corrected chi connectivity index (χ3v) is 4.48. The van der Waals surface area contributed by atoms with E-state index in [0.29, 0.717) is 16.0 Å². The largest absolute Gasteiger partial charge is 0.305 e. The van der Waals surface area contributed by atoms with Gasteiger partial charge in [-0.25, -0.2) is 0 Å². The molecule has 1 aromatic rings. The number of likely N-dealkylation sites (tertiary alicyclic amines) is 1. The summed E-state index contributed by atoms with van der Waals surface area (Å²) < 4.78 is 0. The van der Waals surface area contributed by atoms with Crippen LogP contribution in [0.1, 0.15) is 18.0 Å². The Hall–Kier alpha value is -0.770. The number of nitrogens with one attached hydrogen (secondary N) is 1. The Morgan fingerprint density at radius 2 is 2.17 bits per heavy atom. The summed E-state index contributed by atoms with van der Waals surface area (Å²) >= 11 is 12.0. The van der Waals surface area contributed by atoms with Crippen molar-refractivity contribution in [3.05, 3.63) is 33.8 Å². The van der Waals surface area contributed by atoms with Crippen LogP contribution in [-0.2, 0) is 0 Å². The molecule has 2 aliphatic rings. The highest BCUT2D eigenvalue weighted by Gasteiger charge is 2.36. The second-order valence-electron chi connectivity index (χ2n) is 5.00. The molecule has 0 spiro atoms. The van der Waals surface area contributed by atoms with Gasteiger partial charge in [-0.3, -0.25) is 0 Å². The number of piperidine rings is 1. The minimum absolute atomic E-state index is 0.220. The Morgan fingerprint density at radius 3 is 2.94 bits per heavy atom. The molecule has 96 valence electrons. The molecule has 0 saturated carbocycles. The van der Waals surface area contributed by atoms with E-state index in [1.165, 1.54) is 5.71 Å². The number of hydrazone groups is 1. The molecule has 1 aromatic carbocycles. The number of hydrogen-bond donors (Lipinski definition) is 1. The molecule has 2 unspecified atom stereocenters. The molecule has 0 radical (unpaired) electrons. The molecule has 1 N–H and O–H groups in total. The molecule has 2 atom stereocenters. The van der Waals surface area contributed by atoms with E-state index < -0.39 is 0 Å². The van der Waals surface area contributed by atoms with Crippen LogP contribution in [0, 0.1) is 5.92 Å². The predicted molar refractivity (Wildman–Crippen MR) is 75.4 cm³/mol. The fourth-order valence-corrected chi connectivity index (χ4v) is 3.02. The fraction of sp³-hybridized carbons (Fsp3) is 0.462. The van der Waals surface area contributed by atoms with Gasteiger partial charge in [-0.2, -0.15) is 5.10 Å². The summed E-state index contributed by atoms with van der Waals surface area (Å²) in [6.45, 7) is 2.13.